The molecule has 1 fully saturated rings. The summed E-state index contributed by atoms with van der Waals surface area (Å²) in [5.41, 5.74) is 1.28. The molecule has 0 amide bonds. The van der Waals surface area contributed by atoms with E-state index in [9.17, 15) is 0 Å². The summed E-state index contributed by atoms with van der Waals surface area (Å²) in [6, 6.07) is 8.62. The molecule has 1 atom stereocenters. The predicted octanol–water partition coefficient (Wildman–Crippen LogP) is 4.18. The van der Waals surface area contributed by atoms with Crippen molar-refractivity contribution in [3.8, 4) is 0 Å². The van der Waals surface area contributed by atoms with Crippen LogP contribution < -0.4 is 0 Å². The normalized spacial score (nSPS) is 20.1. The van der Waals surface area contributed by atoms with Crippen LogP contribution in [0.4, 0.5) is 0 Å². The van der Waals surface area contributed by atoms with Crippen molar-refractivity contribution in [1.82, 2.24) is 4.90 Å². The van der Waals surface area contributed by atoms with Crippen molar-refractivity contribution in [2.75, 3.05) is 14.1 Å². The summed E-state index contributed by atoms with van der Waals surface area (Å²) in [4.78, 5) is 3.38. The first-order valence-electron chi connectivity index (χ1n) is 5.43. The molecule has 1 aromatic rings. The third kappa shape index (κ3) is 2.94. The highest BCUT2D eigenvalue weighted by Crippen LogP contribution is 2.48. The molecule has 89 valence electrons. The summed E-state index contributed by atoms with van der Waals surface area (Å²) in [6.07, 6.45) is 6.32. The molecule has 1 nitrogen and oxygen atoms in total. The van der Waals surface area contributed by atoms with E-state index < -0.39 is 0 Å². The van der Waals surface area contributed by atoms with Gasteiger partial charge in [-0.3, -0.25) is 0 Å². The van der Waals surface area contributed by atoms with E-state index in [1.807, 2.05) is 6.07 Å². The predicted molar refractivity (Wildman–Crippen MR) is 78.9 cm³/mol. The van der Waals surface area contributed by atoms with Crippen LogP contribution in [0.5, 0.6) is 0 Å². The Kier molecular flexibility index (Phi) is 4.67. The topological polar surface area (TPSA) is 3.24 Å². The lowest BCUT2D eigenvalue weighted by atomic mass is 9.91. The number of hydrogen-bond donors (Lipinski definition) is 0. The summed E-state index contributed by atoms with van der Waals surface area (Å²) in [5.74, 6) is 1.29. The number of nitrogens with zero attached hydrogens (tertiary/aromatic N) is 1. The molecular formula is C14H14Br2N. The lowest BCUT2D eigenvalue weighted by Crippen LogP contribution is -2.27. The maximum Gasteiger partial charge on any atom is 0.0538 e. The van der Waals surface area contributed by atoms with Crippen LogP contribution in [-0.2, 0) is 0 Å². The second-order valence-corrected chi connectivity index (χ2v) is 5.93. The molecule has 0 aliphatic heterocycles. The minimum Gasteiger partial charge on any atom is -0.302 e. The van der Waals surface area contributed by atoms with Crippen molar-refractivity contribution in [3.63, 3.8) is 0 Å². The Labute approximate surface area is 121 Å². The van der Waals surface area contributed by atoms with Gasteiger partial charge in [0, 0.05) is 16.4 Å². The molecule has 3 heteroatoms. The van der Waals surface area contributed by atoms with Crippen molar-refractivity contribution in [2.24, 2.45) is 0 Å². The zero-order valence-electron chi connectivity index (χ0n) is 9.82. The summed E-state index contributed by atoms with van der Waals surface area (Å²) in [6.45, 7) is 0. The molecule has 0 unspecified atom stereocenters. The Hall–Kier alpha value is 0.140. The van der Waals surface area contributed by atoms with Gasteiger partial charge >= 0.3 is 0 Å². The number of benzene rings is 1. The fourth-order valence-corrected chi connectivity index (χ4v) is 3.06. The maximum absolute atomic E-state index is 3.63. The second kappa shape index (κ2) is 5.85. The average Bonchev–Trinajstić information content (AvgIpc) is 2.68. The van der Waals surface area contributed by atoms with Crippen molar-refractivity contribution in [3.05, 3.63) is 64.3 Å². The molecule has 5 radical (unpaired) electrons. The molecule has 0 N–H and O–H groups in total. The Morgan fingerprint density at radius 3 is 2.29 bits per heavy atom. The van der Waals surface area contributed by atoms with Crippen molar-refractivity contribution < 1.29 is 0 Å². The summed E-state index contributed by atoms with van der Waals surface area (Å²) in [7, 11) is 4.20. The van der Waals surface area contributed by atoms with Gasteiger partial charge in [-0.25, -0.2) is 0 Å². The molecule has 1 aliphatic carbocycles. The van der Waals surface area contributed by atoms with Crippen molar-refractivity contribution in [2.45, 2.75) is 6.04 Å². The van der Waals surface area contributed by atoms with Gasteiger partial charge < -0.3 is 4.90 Å². The smallest absolute Gasteiger partial charge is 0.0538 e. The lowest BCUT2D eigenvalue weighted by Gasteiger charge is -2.32. The van der Waals surface area contributed by atoms with E-state index in [0.717, 1.165) is 9.30 Å². The van der Waals surface area contributed by atoms with Crippen molar-refractivity contribution >= 4 is 31.9 Å². The highest BCUT2D eigenvalue weighted by atomic mass is 79.9. The summed E-state index contributed by atoms with van der Waals surface area (Å²) in [5, 5.41) is 0. The van der Waals surface area contributed by atoms with Crippen LogP contribution in [0.1, 0.15) is 11.6 Å². The highest BCUT2D eigenvalue weighted by Gasteiger charge is 2.36. The minimum atomic E-state index is 0.259. The first kappa shape index (κ1) is 13.6. The Morgan fingerprint density at radius 1 is 1.06 bits per heavy atom. The summed E-state index contributed by atoms with van der Waals surface area (Å²) >= 11 is 7.25. The number of hydrogen-bond acceptors (Lipinski definition) is 1. The first-order chi connectivity index (χ1) is 8.11. The molecule has 0 spiro atoms. The molecule has 0 aromatic heterocycles. The van der Waals surface area contributed by atoms with E-state index in [4.69, 9.17) is 0 Å². The average molecular weight is 356 g/mol. The van der Waals surface area contributed by atoms with E-state index in [0.29, 0.717) is 0 Å². The van der Waals surface area contributed by atoms with Gasteiger partial charge in [0.2, 0.25) is 0 Å². The van der Waals surface area contributed by atoms with Crippen LogP contribution in [0.2, 0.25) is 0 Å². The molecule has 17 heavy (non-hydrogen) atoms. The molecule has 1 aromatic carbocycles. The summed E-state index contributed by atoms with van der Waals surface area (Å²) < 4.78 is 1.15. The zero-order valence-corrected chi connectivity index (χ0v) is 13.0. The molecule has 2 rings (SSSR count). The zero-order chi connectivity index (χ0) is 12.4. The standard InChI is InChI=1S/C14H14Br2N/c1-17(2)14(11-7-5-9-13(11)16)10-6-3-4-8-12(10)15/h3-9,14H,1-2H3/t14-/m1/s1. The van der Waals surface area contributed by atoms with Gasteiger partial charge in [0.05, 0.1) is 4.83 Å². The Bertz CT molecular complexity index is 378. The van der Waals surface area contributed by atoms with Gasteiger partial charge in [-0.1, -0.05) is 50.1 Å². The van der Waals surface area contributed by atoms with Gasteiger partial charge in [0.25, 0.3) is 0 Å². The Morgan fingerprint density at radius 2 is 1.76 bits per heavy atom. The van der Waals surface area contributed by atoms with E-state index >= 15 is 0 Å². The molecular weight excluding hydrogens is 342 g/mol. The van der Waals surface area contributed by atoms with Crippen molar-refractivity contribution in [1.29, 1.82) is 0 Å². The van der Waals surface area contributed by atoms with E-state index in [-0.39, 0.29) is 6.04 Å². The molecule has 1 saturated carbocycles. The molecule has 0 heterocycles. The third-order valence-corrected chi connectivity index (χ3v) is 4.25. The molecule has 0 saturated heterocycles. The van der Waals surface area contributed by atoms with Crippen LogP contribution in [0, 0.1) is 30.0 Å². The first-order valence-corrected chi connectivity index (χ1v) is 7.02. The largest absolute Gasteiger partial charge is 0.302 e. The van der Waals surface area contributed by atoms with Gasteiger partial charge in [-0.2, -0.15) is 0 Å². The van der Waals surface area contributed by atoms with Gasteiger partial charge in [-0.15, -0.1) is 0 Å². The van der Waals surface area contributed by atoms with Crippen LogP contribution in [-0.4, -0.2) is 19.0 Å². The molecule has 0 bridgehead atoms. The van der Waals surface area contributed by atoms with E-state index in [1.54, 1.807) is 0 Å². The monoisotopic (exact) mass is 354 g/mol. The van der Waals surface area contributed by atoms with Gasteiger partial charge in [0.1, 0.15) is 0 Å². The van der Waals surface area contributed by atoms with Gasteiger partial charge in [0.15, 0.2) is 0 Å². The van der Waals surface area contributed by atoms with Gasteiger partial charge in [-0.05, 0) is 45.0 Å². The quantitative estimate of drug-likeness (QED) is 0.786. The van der Waals surface area contributed by atoms with E-state index in [1.165, 1.54) is 11.5 Å². The van der Waals surface area contributed by atoms with Crippen LogP contribution in [0.3, 0.4) is 0 Å². The third-order valence-electron chi connectivity index (χ3n) is 2.80. The van der Waals surface area contributed by atoms with Crippen LogP contribution in [0.25, 0.3) is 0 Å². The lowest BCUT2D eigenvalue weighted by molar-refractivity contribution is 0.319. The second-order valence-electron chi connectivity index (χ2n) is 4.22. The maximum atomic E-state index is 3.63. The fraction of sp³-hybridized carbons (Fsp3) is 0.214. The fourth-order valence-electron chi connectivity index (χ4n) is 2.05. The minimum absolute atomic E-state index is 0.259. The number of halogens is 2. The Balaban J connectivity index is 2.32. The van der Waals surface area contributed by atoms with Crippen LogP contribution in [0.15, 0.2) is 28.7 Å². The highest BCUT2D eigenvalue weighted by molar-refractivity contribution is 9.11. The molecule has 1 aliphatic rings. The van der Waals surface area contributed by atoms with Crippen LogP contribution >= 0.6 is 31.9 Å². The SMILES string of the molecule is CN(C)[C@@H]([C]1[CH][CH][CH][C]1Br)c1ccccc1Br. The van der Waals surface area contributed by atoms with E-state index in [2.05, 4.69) is 88.3 Å². The number of rotatable bonds is 3.